The van der Waals surface area contributed by atoms with Gasteiger partial charge in [-0.15, -0.1) is 5.10 Å². The molecule has 106 valence electrons. The first kappa shape index (κ1) is 13.6. The molecule has 0 radical (unpaired) electrons. The molecule has 1 aliphatic rings. The normalized spacial score (nSPS) is 18.2. The SMILES string of the molecule is O=c1c2ccccc2nnn1CC1(CS)CCCCC1. The predicted molar refractivity (Wildman–Crippen MR) is 83.2 cm³/mol. The minimum atomic E-state index is -0.0395. The number of hydrogen-bond donors (Lipinski definition) is 1. The zero-order valence-corrected chi connectivity index (χ0v) is 12.4. The van der Waals surface area contributed by atoms with Crippen LogP contribution in [0.5, 0.6) is 0 Å². The second kappa shape index (κ2) is 5.56. The first-order valence-electron chi connectivity index (χ1n) is 7.18. The van der Waals surface area contributed by atoms with Gasteiger partial charge in [0.05, 0.1) is 11.9 Å². The van der Waals surface area contributed by atoms with Gasteiger partial charge >= 0.3 is 0 Å². The lowest BCUT2D eigenvalue weighted by atomic mass is 9.75. The minimum Gasteiger partial charge on any atom is -0.267 e. The van der Waals surface area contributed by atoms with Crippen LogP contribution in [0.4, 0.5) is 0 Å². The molecule has 4 nitrogen and oxygen atoms in total. The first-order chi connectivity index (χ1) is 9.74. The van der Waals surface area contributed by atoms with Gasteiger partial charge in [0.1, 0.15) is 5.52 Å². The lowest BCUT2D eigenvalue weighted by Crippen LogP contribution is -2.37. The molecule has 1 saturated carbocycles. The number of aromatic nitrogens is 3. The molecule has 2 aromatic rings. The van der Waals surface area contributed by atoms with E-state index in [0.717, 1.165) is 18.6 Å². The van der Waals surface area contributed by atoms with E-state index in [1.807, 2.05) is 24.3 Å². The average Bonchev–Trinajstić information content (AvgIpc) is 2.51. The predicted octanol–water partition coefficient (Wildman–Crippen LogP) is 2.67. The quantitative estimate of drug-likeness (QED) is 0.884. The molecule has 1 aromatic heterocycles. The highest BCUT2D eigenvalue weighted by molar-refractivity contribution is 7.80. The van der Waals surface area contributed by atoms with Gasteiger partial charge in [-0.2, -0.15) is 12.6 Å². The number of rotatable bonds is 3. The van der Waals surface area contributed by atoms with Crippen LogP contribution in [0.25, 0.3) is 10.9 Å². The van der Waals surface area contributed by atoms with Crippen LogP contribution in [-0.4, -0.2) is 20.7 Å². The summed E-state index contributed by atoms with van der Waals surface area (Å²) in [5.74, 6) is 0.800. The van der Waals surface area contributed by atoms with Gasteiger partial charge in [0.25, 0.3) is 5.56 Å². The van der Waals surface area contributed by atoms with E-state index < -0.39 is 0 Å². The van der Waals surface area contributed by atoms with Gasteiger partial charge in [0, 0.05) is 0 Å². The molecule has 0 saturated heterocycles. The van der Waals surface area contributed by atoms with Crippen LogP contribution in [0.2, 0.25) is 0 Å². The van der Waals surface area contributed by atoms with Crippen LogP contribution in [0.15, 0.2) is 29.1 Å². The molecule has 1 fully saturated rings. The van der Waals surface area contributed by atoms with E-state index in [1.165, 1.54) is 23.9 Å². The molecule has 0 aliphatic heterocycles. The highest BCUT2D eigenvalue weighted by Gasteiger charge is 2.32. The summed E-state index contributed by atoms with van der Waals surface area (Å²) in [5.41, 5.74) is 0.724. The van der Waals surface area contributed by atoms with E-state index >= 15 is 0 Å². The van der Waals surface area contributed by atoms with Crippen LogP contribution < -0.4 is 5.56 Å². The van der Waals surface area contributed by atoms with Crippen molar-refractivity contribution in [2.45, 2.75) is 38.6 Å². The van der Waals surface area contributed by atoms with Crippen LogP contribution in [0.1, 0.15) is 32.1 Å². The molecule has 3 rings (SSSR count). The summed E-state index contributed by atoms with van der Waals surface area (Å²) in [6.45, 7) is 0.632. The smallest absolute Gasteiger partial charge is 0.267 e. The Kier molecular flexibility index (Phi) is 3.78. The van der Waals surface area contributed by atoms with E-state index in [9.17, 15) is 4.79 Å². The van der Waals surface area contributed by atoms with Crippen LogP contribution in [-0.2, 0) is 6.54 Å². The van der Waals surface area contributed by atoms with Crippen molar-refractivity contribution in [3.05, 3.63) is 34.6 Å². The summed E-state index contributed by atoms with van der Waals surface area (Å²) in [6.07, 6.45) is 5.97. The van der Waals surface area contributed by atoms with Gasteiger partial charge < -0.3 is 0 Å². The molecular formula is C15H19N3OS. The number of fused-ring (bicyclic) bond motifs is 1. The Labute approximate surface area is 123 Å². The fourth-order valence-electron chi connectivity index (χ4n) is 3.11. The Morgan fingerprint density at radius 1 is 1.20 bits per heavy atom. The topological polar surface area (TPSA) is 47.8 Å². The van der Waals surface area contributed by atoms with Crippen molar-refractivity contribution < 1.29 is 0 Å². The van der Waals surface area contributed by atoms with Crippen molar-refractivity contribution in [3.63, 3.8) is 0 Å². The molecule has 1 aliphatic carbocycles. The van der Waals surface area contributed by atoms with E-state index in [1.54, 1.807) is 0 Å². The maximum atomic E-state index is 12.5. The highest BCUT2D eigenvalue weighted by Crippen LogP contribution is 2.38. The lowest BCUT2D eigenvalue weighted by molar-refractivity contribution is 0.177. The first-order valence-corrected chi connectivity index (χ1v) is 7.81. The monoisotopic (exact) mass is 289 g/mol. The molecule has 1 aromatic carbocycles. The Hall–Kier alpha value is -1.36. The van der Waals surface area contributed by atoms with Gasteiger partial charge in [-0.05, 0) is 36.1 Å². The van der Waals surface area contributed by atoms with E-state index in [4.69, 9.17) is 0 Å². The Morgan fingerprint density at radius 2 is 1.95 bits per heavy atom. The van der Waals surface area contributed by atoms with Gasteiger partial charge in [-0.3, -0.25) is 4.79 Å². The third-order valence-electron chi connectivity index (χ3n) is 4.36. The minimum absolute atomic E-state index is 0.0395. The number of thiol groups is 1. The summed E-state index contributed by atoms with van der Waals surface area (Å²) in [5, 5.41) is 8.92. The molecule has 0 spiro atoms. The lowest BCUT2D eigenvalue weighted by Gasteiger charge is -2.35. The summed E-state index contributed by atoms with van der Waals surface area (Å²) in [4.78, 5) is 12.5. The second-order valence-corrected chi connectivity index (χ2v) is 6.10. The largest absolute Gasteiger partial charge is 0.277 e. The number of benzene rings is 1. The molecular weight excluding hydrogens is 270 g/mol. The molecule has 0 unspecified atom stereocenters. The van der Waals surface area contributed by atoms with Crippen molar-refractivity contribution in [1.82, 2.24) is 15.0 Å². The van der Waals surface area contributed by atoms with Crippen LogP contribution >= 0.6 is 12.6 Å². The zero-order valence-electron chi connectivity index (χ0n) is 11.5. The van der Waals surface area contributed by atoms with Gasteiger partial charge in [0.2, 0.25) is 0 Å². The van der Waals surface area contributed by atoms with E-state index in [0.29, 0.717) is 17.4 Å². The van der Waals surface area contributed by atoms with Gasteiger partial charge in [-0.1, -0.05) is 36.6 Å². The molecule has 0 amide bonds. The molecule has 0 bridgehead atoms. The fourth-order valence-corrected chi connectivity index (χ4v) is 3.53. The summed E-state index contributed by atoms with van der Waals surface area (Å²) in [7, 11) is 0. The fraction of sp³-hybridized carbons (Fsp3) is 0.533. The van der Waals surface area contributed by atoms with Crippen molar-refractivity contribution in [3.8, 4) is 0 Å². The third-order valence-corrected chi connectivity index (χ3v) is 5.03. The maximum absolute atomic E-state index is 12.5. The summed E-state index contributed by atoms with van der Waals surface area (Å²) >= 11 is 4.52. The van der Waals surface area contributed by atoms with Crippen molar-refractivity contribution in [2.75, 3.05) is 5.75 Å². The third kappa shape index (κ3) is 2.46. The molecule has 0 atom stereocenters. The summed E-state index contributed by atoms with van der Waals surface area (Å²) in [6, 6.07) is 7.38. The Balaban J connectivity index is 1.98. The van der Waals surface area contributed by atoms with Crippen LogP contribution in [0.3, 0.4) is 0 Å². The van der Waals surface area contributed by atoms with Gasteiger partial charge in [0.15, 0.2) is 0 Å². The summed E-state index contributed by atoms with van der Waals surface area (Å²) < 4.78 is 1.53. The maximum Gasteiger partial charge on any atom is 0.277 e. The zero-order chi connectivity index (χ0) is 14.0. The second-order valence-electron chi connectivity index (χ2n) is 5.79. The molecule has 0 N–H and O–H groups in total. The van der Waals surface area contributed by atoms with Crippen molar-refractivity contribution >= 4 is 23.5 Å². The van der Waals surface area contributed by atoms with Crippen molar-refractivity contribution in [1.29, 1.82) is 0 Å². The van der Waals surface area contributed by atoms with E-state index in [2.05, 4.69) is 22.9 Å². The molecule has 5 heteroatoms. The average molecular weight is 289 g/mol. The number of hydrogen-bond acceptors (Lipinski definition) is 4. The Morgan fingerprint density at radius 3 is 2.70 bits per heavy atom. The van der Waals surface area contributed by atoms with E-state index in [-0.39, 0.29) is 11.0 Å². The molecule has 1 heterocycles. The highest BCUT2D eigenvalue weighted by atomic mass is 32.1. The number of nitrogens with zero attached hydrogens (tertiary/aromatic N) is 3. The Bertz CT molecular complexity index is 661. The molecule has 20 heavy (non-hydrogen) atoms. The van der Waals surface area contributed by atoms with Crippen molar-refractivity contribution in [2.24, 2.45) is 5.41 Å². The van der Waals surface area contributed by atoms with Crippen LogP contribution in [0, 0.1) is 5.41 Å². The standard InChI is InChI=1S/C15H19N3OS/c19-14-12-6-2-3-7-13(12)16-17-18(14)10-15(11-20)8-4-1-5-9-15/h2-3,6-7,20H,1,4-5,8-11H2. The van der Waals surface area contributed by atoms with Gasteiger partial charge in [-0.25, -0.2) is 4.68 Å².